The van der Waals surface area contributed by atoms with Crippen LogP contribution in [0.3, 0.4) is 0 Å². The minimum Gasteiger partial charge on any atom is -0.481 e. The molecule has 0 aromatic heterocycles. The summed E-state index contributed by atoms with van der Waals surface area (Å²) >= 11 is 0. The lowest BCUT2D eigenvalue weighted by molar-refractivity contribution is -0.138. The Morgan fingerprint density at radius 3 is 1.05 bits per heavy atom. The fraction of sp³-hybridized carbons (Fsp3) is 0.857. The van der Waals surface area contributed by atoms with Crippen molar-refractivity contribution in [3.8, 4) is 0 Å². The molecule has 0 saturated heterocycles. The van der Waals surface area contributed by atoms with Gasteiger partial charge in [-0.3, -0.25) is 9.59 Å². The molecular weight excluding hydrogens is 288 g/mol. The maximum atomic E-state index is 10.5. The van der Waals surface area contributed by atoms with Crippen molar-refractivity contribution in [2.45, 2.75) is 75.5 Å². The van der Waals surface area contributed by atoms with E-state index in [-0.39, 0.29) is 37.0 Å². The third-order valence-electron chi connectivity index (χ3n) is 3.60. The zero-order chi connectivity index (χ0) is 17.1. The van der Waals surface area contributed by atoms with Crippen molar-refractivity contribution in [3.63, 3.8) is 0 Å². The van der Waals surface area contributed by atoms with Gasteiger partial charge in [-0.25, -0.2) is 0 Å². The van der Waals surface area contributed by atoms with E-state index in [4.69, 9.17) is 33.1 Å². The standard InChI is InChI=1S/C14H30N4O4/c15-9(3-5-11(17)7-13(19)20)1-2-10(16)4-6-12(18)8-14(21)22/h9-12H,1-8,15-18H2,(H,19,20)(H,21,22). The van der Waals surface area contributed by atoms with Crippen LogP contribution >= 0.6 is 0 Å². The number of rotatable bonds is 13. The summed E-state index contributed by atoms with van der Waals surface area (Å²) in [5.74, 6) is -1.80. The zero-order valence-electron chi connectivity index (χ0n) is 13.0. The first-order valence-electron chi connectivity index (χ1n) is 7.66. The Kier molecular flexibility index (Phi) is 10.7. The highest BCUT2D eigenvalue weighted by atomic mass is 16.4. The summed E-state index contributed by atoms with van der Waals surface area (Å²) in [5, 5.41) is 17.2. The molecule has 8 nitrogen and oxygen atoms in total. The predicted octanol–water partition coefficient (Wildman–Crippen LogP) is -0.414. The van der Waals surface area contributed by atoms with Crippen molar-refractivity contribution >= 4 is 11.9 Å². The predicted molar refractivity (Wildman–Crippen MR) is 84.1 cm³/mol. The molecule has 0 spiro atoms. The molecule has 0 aliphatic rings. The van der Waals surface area contributed by atoms with E-state index in [1.54, 1.807) is 0 Å². The normalized spacial score (nSPS) is 16.7. The van der Waals surface area contributed by atoms with Gasteiger partial charge in [-0.2, -0.15) is 0 Å². The van der Waals surface area contributed by atoms with Gasteiger partial charge in [0.05, 0.1) is 12.8 Å². The fourth-order valence-electron chi connectivity index (χ4n) is 2.23. The zero-order valence-corrected chi connectivity index (χ0v) is 13.0. The number of carboxylic acids is 2. The number of nitrogens with two attached hydrogens (primary N) is 4. The van der Waals surface area contributed by atoms with Gasteiger partial charge in [0.25, 0.3) is 0 Å². The van der Waals surface area contributed by atoms with Gasteiger partial charge in [0, 0.05) is 24.2 Å². The third kappa shape index (κ3) is 12.5. The minimum atomic E-state index is -0.902. The lowest BCUT2D eigenvalue weighted by Gasteiger charge is -2.18. The van der Waals surface area contributed by atoms with Gasteiger partial charge in [0.15, 0.2) is 0 Å². The van der Waals surface area contributed by atoms with Crippen LogP contribution in [0.25, 0.3) is 0 Å². The molecule has 0 bridgehead atoms. The first-order chi connectivity index (χ1) is 10.2. The van der Waals surface area contributed by atoms with Gasteiger partial charge in [0.2, 0.25) is 0 Å². The average molecular weight is 318 g/mol. The molecule has 0 fully saturated rings. The number of aliphatic carboxylic acids is 2. The minimum absolute atomic E-state index is 0.0479. The highest BCUT2D eigenvalue weighted by Gasteiger charge is 2.14. The van der Waals surface area contributed by atoms with E-state index in [0.717, 1.165) is 12.8 Å². The van der Waals surface area contributed by atoms with Gasteiger partial charge >= 0.3 is 11.9 Å². The largest absolute Gasteiger partial charge is 0.481 e. The van der Waals surface area contributed by atoms with Crippen LogP contribution in [0.5, 0.6) is 0 Å². The SMILES string of the molecule is NC(CCC(N)CCC(N)CC(=O)O)CCC(N)CC(=O)O. The van der Waals surface area contributed by atoms with Crippen molar-refractivity contribution in [2.75, 3.05) is 0 Å². The van der Waals surface area contributed by atoms with Gasteiger partial charge in [-0.1, -0.05) is 0 Å². The van der Waals surface area contributed by atoms with Crippen LogP contribution in [0, 0.1) is 0 Å². The summed E-state index contributed by atoms with van der Waals surface area (Å²) in [4.78, 5) is 21.0. The van der Waals surface area contributed by atoms with Crippen molar-refractivity contribution in [1.82, 2.24) is 0 Å². The average Bonchev–Trinajstić information content (AvgIpc) is 2.39. The molecule has 0 aliphatic carbocycles. The number of carbonyl (C=O) groups is 2. The Balaban J connectivity index is 3.74. The molecule has 8 heteroatoms. The second-order valence-corrected chi connectivity index (χ2v) is 5.97. The molecule has 22 heavy (non-hydrogen) atoms. The van der Waals surface area contributed by atoms with E-state index in [2.05, 4.69) is 0 Å². The number of hydrogen-bond acceptors (Lipinski definition) is 6. The van der Waals surface area contributed by atoms with E-state index in [0.29, 0.717) is 25.7 Å². The smallest absolute Gasteiger partial charge is 0.304 e. The van der Waals surface area contributed by atoms with E-state index in [9.17, 15) is 9.59 Å². The Hall–Kier alpha value is -1.22. The van der Waals surface area contributed by atoms with Crippen molar-refractivity contribution < 1.29 is 19.8 Å². The van der Waals surface area contributed by atoms with E-state index >= 15 is 0 Å². The summed E-state index contributed by atoms with van der Waals surface area (Å²) in [6.45, 7) is 0. The summed E-state index contributed by atoms with van der Waals surface area (Å²) in [7, 11) is 0. The molecule has 0 aromatic rings. The van der Waals surface area contributed by atoms with E-state index in [1.807, 2.05) is 0 Å². The second kappa shape index (κ2) is 11.4. The van der Waals surface area contributed by atoms with Gasteiger partial charge < -0.3 is 33.1 Å². The molecule has 0 amide bonds. The Morgan fingerprint density at radius 2 is 0.818 bits per heavy atom. The summed E-state index contributed by atoms with van der Waals surface area (Å²) < 4.78 is 0. The molecule has 0 aliphatic heterocycles. The van der Waals surface area contributed by atoms with Gasteiger partial charge in [0.1, 0.15) is 0 Å². The van der Waals surface area contributed by atoms with Crippen LogP contribution in [0.4, 0.5) is 0 Å². The third-order valence-corrected chi connectivity index (χ3v) is 3.60. The van der Waals surface area contributed by atoms with Crippen LogP contribution in [0.2, 0.25) is 0 Å². The monoisotopic (exact) mass is 318 g/mol. The summed E-state index contributed by atoms with van der Waals surface area (Å²) in [6.07, 6.45) is 3.85. The topological polar surface area (TPSA) is 179 Å². The molecule has 4 unspecified atom stereocenters. The highest BCUT2D eigenvalue weighted by Crippen LogP contribution is 2.11. The van der Waals surface area contributed by atoms with Crippen molar-refractivity contribution in [1.29, 1.82) is 0 Å². The van der Waals surface area contributed by atoms with Crippen LogP contribution in [-0.2, 0) is 9.59 Å². The second-order valence-electron chi connectivity index (χ2n) is 5.97. The highest BCUT2D eigenvalue weighted by molar-refractivity contribution is 5.67. The maximum absolute atomic E-state index is 10.5. The quantitative estimate of drug-likeness (QED) is 0.265. The molecule has 4 atom stereocenters. The Morgan fingerprint density at radius 1 is 0.591 bits per heavy atom. The number of carboxylic acid groups (broad SMARTS) is 2. The van der Waals surface area contributed by atoms with Crippen molar-refractivity contribution in [2.24, 2.45) is 22.9 Å². The van der Waals surface area contributed by atoms with E-state index in [1.165, 1.54) is 0 Å². The first-order valence-corrected chi connectivity index (χ1v) is 7.66. The molecule has 130 valence electrons. The molecule has 0 saturated carbocycles. The Bertz CT molecular complexity index is 309. The van der Waals surface area contributed by atoms with Crippen LogP contribution in [-0.4, -0.2) is 46.3 Å². The van der Waals surface area contributed by atoms with Gasteiger partial charge in [-0.05, 0) is 38.5 Å². The van der Waals surface area contributed by atoms with E-state index < -0.39 is 11.9 Å². The summed E-state index contributed by atoms with van der Waals surface area (Å²) in [5.41, 5.74) is 23.3. The van der Waals surface area contributed by atoms with Crippen LogP contribution in [0.15, 0.2) is 0 Å². The molecular formula is C14H30N4O4. The Labute approximate surface area is 131 Å². The summed E-state index contributed by atoms with van der Waals surface area (Å²) in [6, 6.07) is -0.852. The molecule has 10 N–H and O–H groups in total. The molecule has 0 radical (unpaired) electrons. The lowest BCUT2D eigenvalue weighted by atomic mass is 9.97. The molecule has 0 rings (SSSR count). The number of hydrogen-bond donors (Lipinski definition) is 6. The molecule has 0 aromatic carbocycles. The van der Waals surface area contributed by atoms with Crippen LogP contribution < -0.4 is 22.9 Å². The van der Waals surface area contributed by atoms with Gasteiger partial charge in [-0.15, -0.1) is 0 Å². The van der Waals surface area contributed by atoms with Crippen LogP contribution in [0.1, 0.15) is 51.4 Å². The van der Waals surface area contributed by atoms with Crippen molar-refractivity contribution in [3.05, 3.63) is 0 Å². The first kappa shape index (κ1) is 20.8. The molecule has 0 heterocycles. The fourth-order valence-corrected chi connectivity index (χ4v) is 2.23. The lowest BCUT2D eigenvalue weighted by Crippen LogP contribution is -2.31. The maximum Gasteiger partial charge on any atom is 0.304 e.